The van der Waals surface area contributed by atoms with Crippen LogP contribution in [0.1, 0.15) is 25.8 Å². The fourth-order valence-electron chi connectivity index (χ4n) is 1.94. The predicted molar refractivity (Wildman–Crippen MR) is 83.1 cm³/mol. The first kappa shape index (κ1) is 16.8. The van der Waals surface area contributed by atoms with Crippen LogP contribution in [0, 0.1) is 11.6 Å². The summed E-state index contributed by atoms with van der Waals surface area (Å²) in [4.78, 5) is 2.13. The van der Waals surface area contributed by atoms with Gasteiger partial charge in [-0.1, -0.05) is 26.1 Å². The Morgan fingerprint density at radius 1 is 1.25 bits per heavy atom. The maximum absolute atomic E-state index is 13.8. The molecule has 1 aromatic rings. The second-order valence-corrected chi connectivity index (χ2v) is 4.90. The molecule has 0 saturated carbocycles. The van der Waals surface area contributed by atoms with Crippen LogP contribution in [0.4, 0.5) is 14.5 Å². The summed E-state index contributed by atoms with van der Waals surface area (Å²) in [7, 11) is 0. The van der Waals surface area contributed by atoms with E-state index in [9.17, 15) is 8.78 Å². The number of rotatable bonds is 8. The van der Waals surface area contributed by atoms with E-state index < -0.39 is 11.6 Å². The maximum Gasteiger partial charge on any atom is 0.182 e. The van der Waals surface area contributed by atoms with Gasteiger partial charge in [0.15, 0.2) is 11.6 Å². The standard InChI is InChI=1S/C14H21F2N3S/c1-3-19(4-2)9-5-8-18-11-7-6-10(14(17)20)12(15)13(11)16/h6-7,18H,3-5,8-9H2,1-2H3,(H2,17,20). The number of hydrogen-bond acceptors (Lipinski definition) is 3. The highest BCUT2D eigenvalue weighted by atomic mass is 32.1. The van der Waals surface area contributed by atoms with Gasteiger partial charge >= 0.3 is 0 Å². The summed E-state index contributed by atoms with van der Waals surface area (Å²) in [5.74, 6) is -1.93. The minimum absolute atomic E-state index is 0.0637. The molecule has 0 amide bonds. The molecule has 0 spiro atoms. The van der Waals surface area contributed by atoms with Crippen LogP contribution < -0.4 is 11.1 Å². The summed E-state index contributed by atoms with van der Waals surface area (Å²) in [5, 5.41) is 2.90. The lowest BCUT2D eigenvalue weighted by molar-refractivity contribution is 0.303. The van der Waals surface area contributed by atoms with Crippen molar-refractivity contribution in [1.82, 2.24) is 4.90 Å². The average molecular weight is 301 g/mol. The van der Waals surface area contributed by atoms with E-state index in [4.69, 9.17) is 5.73 Å². The molecule has 0 fully saturated rings. The summed E-state index contributed by atoms with van der Waals surface area (Å²) < 4.78 is 27.4. The van der Waals surface area contributed by atoms with E-state index in [2.05, 4.69) is 36.3 Å². The van der Waals surface area contributed by atoms with Crippen molar-refractivity contribution < 1.29 is 8.78 Å². The third kappa shape index (κ3) is 4.38. The lowest BCUT2D eigenvalue weighted by Crippen LogP contribution is -2.25. The Morgan fingerprint density at radius 2 is 1.90 bits per heavy atom. The van der Waals surface area contributed by atoms with Gasteiger partial charge in [0.1, 0.15) is 4.99 Å². The van der Waals surface area contributed by atoms with Crippen LogP contribution in [-0.2, 0) is 0 Å². The highest BCUT2D eigenvalue weighted by molar-refractivity contribution is 7.80. The van der Waals surface area contributed by atoms with E-state index in [0.29, 0.717) is 6.54 Å². The molecule has 0 bridgehead atoms. The van der Waals surface area contributed by atoms with Gasteiger partial charge in [-0.3, -0.25) is 0 Å². The normalized spacial score (nSPS) is 10.8. The third-order valence-electron chi connectivity index (χ3n) is 3.21. The Kier molecular flexibility index (Phi) is 6.81. The van der Waals surface area contributed by atoms with Gasteiger partial charge in [-0.15, -0.1) is 0 Å². The van der Waals surface area contributed by atoms with E-state index in [1.165, 1.54) is 12.1 Å². The molecule has 0 radical (unpaired) electrons. The molecular formula is C14H21F2N3S. The number of nitrogens with two attached hydrogens (primary N) is 1. The van der Waals surface area contributed by atoms with Gasteiger partial charge in [0.2, 0.25) is 0 Å². The first-order chi connectivity index (χ1) is 9.51. The minimum atomic E-state index is -0.994. The monoisotopic (exact) mass is 301 g/mol. The smallest absolute Gasteiger partial charge is 0.182 e. The van der Waals surface area contributed by atoms with Crippen molar-refractivity contribution in [3.8, 4) is 0 Å². The molecule has 1 rings (SSSR count). The fourth-order valence-corrected chi connectivity index (χ4v) is 2.10. The molecule has 0 heterocycles. The van der Waals surface area contributed by atoms with E-state index in [1.54, 1.807) is 0 Å². The molecule has 0 atom stereocenters. The highest BCUT2D eigenvalue weighted by Gasteiger charge is 2.14. The Balaban J connectivity index is 2.57. The third-order valence-corrected chi connectivity index (χ3v) is 3.43. The molecule has 112 valence electrons. The van der Waals surface area contributed by atoms with Gasteiger partial charge < -0.3 is 16.0 Å². The number of anilines is 1. The van der Waals surface area contributed by atoms with Crippen LogP contribution in [0.5, 0.6) is 0 Å². The Bertz CT molecular complexity index is 462. The molecule has 3 N–H and O–H groups in total. The molecule has 0 aromatic heterocycles. The van der Waals surface area contributed by atoms with Crippen molar-refractivity contribution in [2.24, 2.45) is 5.73 Å². The molecule has 0 aliphatic carbocycles. The molecule has 0 unspecified atom stereocenters. The Morgan fingerprint density at radius 3 is 2.45 bits per heavy atom. The molecule has 1 aromatic carbocycles. The van der Waals surface area contributed by atoms with E-state index >= 15 is 0 Å². The second kappa shape index (κ2) is 8.11. The maximum atomic E-state index is 13.8. The van der Waals surface area contributed by atoms with Crippen LogP contribution in [0.2, 0.25) is 0 Å². The van der Waals surface area contributed by atoms with Crippen LogP contribution in [0.25, 0.3) is 0 Å². The van der Waals surface area contributed by atoms with Crippen molar-refractivity contribution >= 4 is 22.9 Å². The molecule has 3 nitrogen and oxygen atoms in total. The van der Waals surface area contributed by atoms with Crippen LogP contribution in [-0.4, -0.2) is 36.1 Å². The fraction of sp³-hybridized carbons (Fsp3) is 0.500. The molecule has 0 aliphatic rings. The van der Waals surface area contributed by atoms with Gasteiger partial charge in [0, 0.05) is 12.1 Å². The number of hydrogen-bond donors (Lipinski definition) is 2. The van der Waals surface area contributed by atoms with Gasteiger partial charge in [-0.05, 0) is 38.2 Å². The molecule has 20 heavy (non-hydrogen) atoms. The summed E-state index contributed by atoms with van der Waals surface area (Å²) >= 11 is 4.66. The SMILES string of the molecule is CCN(CC)CCCNc1ccc(C(N)=S)c(F)c1F. The zero-order chi connectivity index (χ0) is 15.1. The zero-order valence-corrected chi connectivity index (χ0v) is 12.7. The number of thiocarbonyl (C=S) groups is 1. The second-order valence-electron chi connectivity index (χ2n) is 4.46. The summed E-state index contributed by atoms with van der Waals surface area (Å²) in [6.45, 7) is 7.68. The van der Waals surface area contributed by atoms with E-state index in [0.717, 1.165) is 26.1 Å². The first-order valence-electron chi connectivity index (χ1n) is 6.75. The molecule has 0 aliphatic heterocycles. The largest absolute Gasteiger partial charge is 0.389 e. The highest BCUT2D eigenvalue weighted by Crippen LogP contribution is 2.20. The van der Waals surface area contributed by atoms with Gasteiger partial charge in [-0.25, -0.2) is 8.78 Å². The van der Waals surface area contributed by atoms with Crippen molar-refractivity contribution in [2.75, 3.05) is 31.5 Å². The molecular weight excluding hydrogens is 280 g/mol. The number of halogens is 2. The number of nitrogens with one attached hydrogen (secondary N) is 1. The number of benzene rings is 1. The molecule has 6 heteroatoms. The van der Waals surface area contributed by atoms with Gasteiger partial charge in [-0.2, -0.15) is 0 Å². The predicted octanol–water partition coefficient (Wildman–Crippen LogP) is 2.74. The van der Waals surface area contributed by atoms with Crippen molar-refractivity contribution in [3.63, 3.8) is 0 Å². The molecule has 0 saturated heterocycles. The first-order valence-corrected chi connectivity index (χ1v) is 7.16. The lowest BCUT2D eigenvalue weighted by Gasteiger charge is -2.18. The average Bonchev–Trinajstić information content (AvgIpc) is 2.43. The van der Waals surface area contributed by atoms with Crippen molar-refractivity contribution in [3.05, 3.63) is 29.3 Å². The quantitative estimate of drug-likeness (QED) is 0.572. The Hall–Kier alpha value is -1.27. The number of nitrogens with zero attached hydrogens (tertiary/aromatic N) is 1. The summed E-state index contributed by atoms with van der Waals surface area (Å²) in [5.41, 5.74) is 5.40. The summed E-state index contributed by atoms with van der Waals surface area (Å²) in [6.07, 6.45) is 0.861. The van der Waals surface area contributed by atoms with Crippen LogP contribution in [0.15, 0.2) is 12.1 Å². The van der Waals surface area contributed by atoms with E-state index in [-0.39, 0.29) is 16.2 Å². The summed E-state index contributed by atoms with van der Waals surface area (Å²) in [6, 6.07) is 2.86. The van der Waals surface area contributed by atoms with Gasteiger partial charge in [0.25, 0.3) is 0 Å². The minimum Gasteiger partial charge on any atom is -0.389 e. The topological polar surface area (TPSA) is 41.3 Å². The van der Waals surface area contributed by atoms with E-state index in [1.807, 2.05) is 0 Å². The van der Waals surface area contributed by atoms with Crippen molar-refractivity contribution in [1.29, 1.82) is 0 Å². The Labute approximate surface area is 124 Å². The van der Waals surface area contributed by atoms with Crippen LogP contribution >= 0.6 is 12.2 Å². The van der Waals surface area contributed by atoms with Crippen molar-refractivity contribution in [2.45, 2.75) is 20.3 Å². The lowest BCUT2D eigenvalue weighted by atomic mass is 10.1. The van der Waals surface area contributed by atoms with Crippen LogP contribution in [0.3, 0.4) is 0 Å². The van der Waals surface area contributed by atoms with Gasteiger partial charge in [0.05, 0.1) is 5.69 Å². The zero-order valence-electron chi connectivity index (χ0n) is 11.9.